The van der Waals surface area contributed by atoms with Crippen LogP contribution in [0.5, 0.6) is 0 Å². The Hall–Kier alpha value is -1.81. The smallest absolute Gasteiger partial charge is 0.227 e. The van der Waals surface area contributed by atoms with E-state index in [4.69, 9.17) is 4.74 Å². The van der Waals surface area contributed by atoms with Crippen molar-refractivity contribution in [2.75, 3.05) is 13.7 Å². The molecule has 1 aliphatic heterocycles. The topological polar surface area (TPSA) is 45.3 Å². The van der Waals surface area contributed by atoms with Gasteiger partial charge in [-0.05, 0) is 25.0 Å². The molecular formula is C16H20N2O2. The maximum Gasteiger partial charge on any atom is 0.227 e. The molecule has 2 heterocycles. The van der Waals surface area contributed by atoms with Crippen molar-refractivity contribution in [2.45, 2.75) is 31.9 Å². The lowest BCUT2D eigenvalue weighted by Gasteiger charge is -2.26. The Morgan fingerprint density at radius 2 is 2.25 bits per heavy atom. The summed E-state index contributed by atoms with van der Waals surface area (Å²) in [7, 11) is 1.88. The molecule has 106 valence electrons. The van der Waals surface area contributed by atoms with E-state index in [0.717, 1.165) is 29.5 Å². The summed E-state index contributed by atoms with van der Waals surface area (Å²) in [5, 5.41) is 1.13. The number of hydrogen-bond donors (Lipinski definition) is 1. The van der Waals surface area contributed by atoms with Gasteiger partial charge in [-0.25, -0.2) is 0 Å². The van der Waals surface area contributed by atoms with Crippen molar-refractivity contribution in [1.82, 2.24) is 9.88 Å². The fourth-order valence-corrected chi connectivity index (χ4v) is 2.98. The van der Waals surface area contributed by atoms with Crippen LogP contribution < -0.4 is 0 Å². The molecule has 1 saturated heterocycles. The molecule has 1 aromatic carbocycles. The molecule has 0 aliphatic carbocycles. The van der Waals surface area contributed by atoms with Crippen molar-refractivity contribution in [3.63, 3.8) is 0 Å². The number of likely N-dealkylation sites (N-methyl/N-ethyl adjacent to an activating group) is 1. The number of H-pyrrole nitrogens is 1. The minimum Gasteiger partial charge on any atom is -0.376 e. The van der Waals surface area contributed by atoms with Crippen LogP contribution >= 0.6 is 0 Å². The van der Waals surface area contributed by atoms with Crippen LogP contribution in [0.1, 0.15) is 18.9 Å². The number of aromatic amines is 1. The van der Waals surface area contributed by atoms with Gasteiger partial charge >= 0.3 is 0 Å². The lowest BCUT2D eigenvalue weighted by Crippen LogP contribution is -2.41. The Labute approximate surface area is 118 Å². The zero-order chi connectivity index (χ0) is 14.1. The Balaban J connectivity index is 1.75. The quantitative estimate of drug-likeness (QED) is 0.932. The first-order chi connectivity index (χ1) is 9.66. The highest BCUT2D eigenvalue weighted by Crippen LogP contribution is 2.22. The van der Waals surface area contributed by atoms with Crippen molar-refractivity contribution in [3.05, 3.63) is 36.0 Å². The maximum absolute atomic E-state index is 12.4. The molecule has 1 amide bonds. The molecule has 1 fully saturated rings. The number of hydrogen-bond acceptors (Lipinski definition) is 2. The van der Waals surface area contributed by atoms with Crippen LogP contribution in [0.15, 0.2) is 30.5 Å². The molecule has 0 spiro atoms. The van der Waals surface area contributed by atoms with E-state index in [1.807, 2.05) is 43.3 Å². The highest BCUT2D eigenvalue weighted by atomic mass is 16.5. The van der Waals surface area contributed by atoms with Gasteiger partial charge in [0.1, 0.15) is 0 Å². The highest BCUT2D eigenvalue weighted by Gasteiger charge is 2.30. The Morgan fingerprint density at radius 3 is 3.00 bits per heavy atom. The van der Waals surface area contributed by atoms with E-state index >= 15 is 0 Å². The molecule has 3 rings (SSSR count). The first-order valence-corrected chi connectivity index (χ1v) is 7.09. The van der Waals surface area contributed by atoms with Crippen molar-refractivity contribution in [3.8, 4) is 0 Å². The Morgan fingerprint density at radius 1 is 1.45 bits per heavy atom. The number of carbonyl (C=O) groups excluding carboxylic acids is 1. The third-order valence-electron chi connectivity index (χ3n) is 4.24. The fourth-order valence-electron chi connectivity index (χ4n) is 2.98. The molecule has 1 aromatic heterocycles. The minimum absolute atomic E-state index is 0.131. The second kappa shape index (κ2) is 5.29. The van der Waals surface area contributed by atoms with E-state index in [9.17, 15) is 4.79 Å². The van der Waals surface area contributed by atoms with E-state index in [0.29, 0.717) is 6.42 Å². The summed E-state index contributed by atoms with van der Waals surface area (Å²) < 4.78 is 5.54. The van der Waals surface area contributed by atoms with Crippen LogP contribution in [0.3, 0.4) is 0 Å². The largest absolute Gasteiger partial charge is 0.376 e. The maximum atomic E-state index is 12.4. The van der Waals surface area contributed by atoms with Crippen molar-refractivity contribution >= 4 is 16.8 Å². The number of para-hydroxylation sites is 1. The molecule has 4 heteroatoms. The third kappa shape index (κ3) is 2.31. The van der Waals surface area contributed by atoms with E-state index < -0.39 is 0 Å². The predicted molar refractivity (Wildman–Crippen MR) is 78.6 cm³/mol. The standard InChI is InChI=1S/C16H20N2O2/c1-11-15(7-8-20-11)18(2)16(19)9-12-10-17-14-6-4-3-5-13(12)14/h3-6,10-11,15,17H,7-9H2,1-2H3. The highest BCUT2D eigenvalue weighted by molar-refractivity contribution is 5.88. The normalized spacial score (nSPS) is 22.3. The number of aromatic nitrogens is 1. The summed E-state index contributed by atoms with van der Waals surface area (Å²) in [4.78, 5) is 17.5. The number of nitrogens with zero attached hydrogens (tertiary/aromatic N) is 1. The van der Waals surface area contributed by atoms with Gasteiger partial charge in [-0.1, -0.05) is 18.2 Å². The van der Waals surface area contributed by atoms with Crippen molar-refractivity contribution in [2.24, 2.45) is 0 Å². The van der Waals surface area contributed by atoms with Gasteiger partial charge in [0, 0.05) is 30.8 Å². The van der Waals surface area contributed by atoms with E-state index in [1.165, 1.54) is 0 Å². The fraction of sp³-hybridized carbons (Fsp3) is 0.438. The molecule has 1 aliphatic rings. The van der Waals surface area contributed by atoms with Crippen LogP contribution in [-0.2, 0) is 16.0 Å². The summed E-state index contributed by atoms with van der Waals surface area (Å²) in [6.45, 7) is 2.78. The molecule has 0 radical (unpaired) electrons. The summed E-state index contributed by atoms with van der Waals surface area (Å²) in [6.07, 6.45) is 3.43. The number of carbonyl (C=O) groups is 1. The van der Waals surface area contributed by atoms with Crippen LogP contribution in [0.25, 0.3) is 10.9 Å². The SMILES string of the molecule is CC1OCCC1N(C)C(=O)Cc1c[nH]c2ccccc12. The molecule has 1 N–H and O–H groups in total. The average molecular weight is 272 g/mol. The number of fused-ring (bicyclic) bond motifs is 1. The zero-order valence-corrected chi connectivity index (χ0v) is 11.9. The molecule has 2 aromatic rings. The first kappa shape index (κ1) is 13.2. The number of benzene rings is 1. The zero-order valence-electron chi connectivity index (χ0n) is 11.9. The van der Waals surface area contributed by atoms with Gasteiger partial charge in [0.25, 0.3) is 0 Å². The Kier molecular flexibility index (Phi) is 3.49. The van der Waals surface area contributed by atoms with Gasteiger partial charge in [-0.3, -0.25) is 4.79 Å². The van der Waals surface area contributed by atoms with Crippen LogP contribution in [0.2, 0.25) is 0 Å². The van der Waals surface area contributed by atoms with Gasteiger partial charge in [-0.2, -0.15) is 0 Å². The second-order valence-electron chi connectivity index (χ2n) is 5.47. The van der Waals surface area contributed by atoms with Gasteiger partial charge in [0.15, 0.2) is 0 Å². The number of rotatable bonds is 3. The minimum atomic E-state index is 0.131. The molecule has 20 heavy (non-hydrogen) atoms. The molecule has 2 unspecified atom stereocenters. The molecular weight excluding hydrogens is 252 g/mol. The van der Waals surface area contributed by atoms with Gasteiger partial charge in [0.05, 0.1) is 18.6 Å². The summed E-state index contributed by atoms with van der Waals surface area (Å²) in [5.74, 6) is 0.150. The number of amides is 1. The third-order valence-corrected chi connectivity index (χ3v) is 4.24. The summed E-state index contributed by atoms with van der Waals surface area (Å²) in [6, 6.07) is 8.28. The summed E-state index contributed by atoms with van der Waals surface area (Å²) in [5.41, 5.74) is 2.14. The Bertz CT molecular complexity index is 620. The summed E-state index contributed by atoms with van der Waals surface area (Å²) >= 11 is 0. The molecule has 0 saturated carbocycles. The first-order valence-electron chi connectivity index (χ1n) is 7.09. The van der Waals surface area contributed by atoms with Crippen molar-refractivity contribution in [1.29, 1.82) is 0 Å². The lowest BCUT2D eigenvalue weighted by atomic mass is 10.1. The molecule has 2 atom stereocenters. The molecule has 4 nitrogen and oxygen atoms in total. The molecule has 0 bridgehead atoms. The van der Waals surface area contributed by atoms with E-state index in [1.54, 1.807) is 0 Å². The number of nitrogens with one attached hydrogen (secondary N) is 1. The van der Waals surface area contributed by atoms with Gasteiger partial charge < -0.3 is 14.6 Å². The van der Waals surface area contributed by atoms with Crippen LogP contribution in [0, 0.1) is 0 Å². The van der Waals surface area contributed by atoms with E-state index in [-0.39, 0.29) is 18.1 Å². The number of ether oxygens (including phenoxy) is 1. The predicted octanol–water partition coefficient (Wildman–Crippen LogP) is 2.35. The monoisotopic (exact) mass is 272 g/mol. The van der Waals surface area contributed by atoms with Crippen LogP contribution in [-0.4, -0.2) is 41.6 Å². The van der Waals surface area contributed by atoms with Gasteiger partial charge in [-0.15, -0.1) is 0 Å². The van der Waals surface area contributed by atoms with Crippen LogP contribution in [0.4, 0.5) is 0 Å². The lowest BCUT2D eigenvalue weighted by molar-refractivity contribution is -0.132. The van der Waals surface area contributed by atoms with Gasteiger partial charge in [0.2, 0.25) is 5.91 Å². The average Bonchev–Trinajstić information content (AvgIpc) is 3.05. The van der Waals surface area contributed by atoms with Crippen molar-refractivity contribution < 1.29 is 9.53 Å². The second-order valence-corrected chi connectivity index (χ2v) is 5.47. The van der Waals surface area contributed by atoms with E-state index in [2.05, 4.69) is 11.1 Å².